The lowest BCUT2D eigenvalue weighted by molar-refractivity contribution is 0.0601. The molecule has 0 radical (unpaired) electrons. The minimum absolute atomic E-state index is 0.166. The third-order valence-electron chi connectivity index (χ3n) is 5.08. The number of carbonyl (C=O) groups excluding carboxylic acids is 2. The van der Waals surface area contributed by atoms with E-state index in [2.05, 4.69) is 10.6 Å². The molecule has 1 aliphatic rings. The predicted molar refractivity (Wildman–Crippen MR) is 134 cm³/mol. The van der Waals surface area contributed by atoms with Gasteiger partial charge in [0.05, 0.1) is 35.7 Å². The smallest absolute Gasteiger partial charge is 0.341 e. The number of nitrogens with one attached hydrogen (secondary N) is 2. The highest BCUT2D eigenvalue weighted by Crippen LogP contribution is 2.34. The standard InChI is InChI=1S/C21H26N4O6S3/c1-13-16(20(27)30-4)18(33-17(13)19(26)24(2)3)23-21(32)22-14-5-7-15(8-6-14)34(28,29)25-9-11-31-12-10-25/h5-8H,9-12H2,1-4H3,(H2,22,23,32). The second-order valence-corrected chi connectivity index (χ2v) is 10.9. The molecule has 2 N–H and O–H groups in total. The Labute approximate surface area is 207 Å². The molecule has 1 fully saturated rings. The first-order chi connectivity index (χ1) is 16.1. The number of sulfonamides is 1. The summed E-state index contributed by atoms with van der Waals surface area (Å²) in [5, 5.41) is 6.46. The third-order valence-corrected chi connectivity index (χ3v) is 8.40. The summed E-state index contributed by atoms with van der Waals surface area (Å²) in [4.78, 5) is 26.8. The zero-order valence-electron chi connectivity index (χ0n) is 19.2. The van der Waals surface area contributed by atoms with Crippen LogP contribution in [0.5, 0.6) is 0 Å². The average Bonchev–Trinajstić information content (AvgIpc) is 3.14. The van der Waals surface area contributed by atoms with Crippen molar-refractivity contribution in [3.05, 3.63) is 40.3 Å². The summed E-state index contributed by atoms with van der Waals surface area (Å²) < 4.78 is 37.0. The van der Waals surface area contributed by atoms with Crippen LogP contribution < -0.4 is 10.6 Å². The highest BCUT2D eigenvalue weighted by Gasteiger charge is 2.27. The van der Waals surface area contributed by atoms with Crippen molar-refractivity contribution in [2.45, 2.75) is 11.8 Å². The molecule has 0 unspecified atom stereocenters. The van der Waals surface area contributed by atoms with E-state index in [9.17, 15) is 18.0 Å². The number of methoxy groups -OCH3 is 1. The Hall–Kier alpha value is -2.58. The van der Waals surface area contributed by atoms with Crippen molar-refractivity contribution in [1.82, 2.24) is 9.21 Å². The van der Waals surface area contributed by atoms with E-state index in [0.29, 0.717) is 47.4 Å². The van der Waals surface area contributed by atoms with E-state index in [-0.39, 0.29) is 21.5 Å². The van der Waals surface area contributed by atoms with Crippen molar-refractivity contribution in [3.63, 3.8) is 0 Å². The number of benzene rings is 1. The molecular weight excluding hydrogens is 500 g/mol. The van der Waals surface area contributed by atoms with E-state index in [1.165, 1.54) is 28.4 Å². The summed E-state index contributed by atoms with van der Waals surface area (Å²) in [5.74, 6) is -0.828. The number of thiophene rings is 1. The van der Waals surface area contributed by atoms with Crippen LogP contribution in [0, 0.1) is 6.92 Å². The van der Waals surface area contributed by atoms with Crippen molar-refractivity contribution >= 4 is 61.3 Å². The van der Waals surface area contributed by atoms with Crippen LogP contribution in [0.1, 0.15) is 25.6 Å². The second-order valence-electron chi connectivity index (χ2n) is 7.57. The fourth-order valence-electron chi connectivity index (χ4n) is 3.27. The Morgan fingerprint density at radius 1 is 1.15 bits per heavy atom. The summed E-state index contributed by atoms with van der Waals surface area (Å²) in [6, 6.07) is 6.20. The van der Waals surface area contributed by atoms with Gasteiger partial charge in [0.1, 0.15) is 5.00 Å². The summed E-state index contributed by atoms with van der Waals surface area (Å²) in [5.41, 5.74) is 1.28. The van der Waals surface area contributed by atoms with Gasteiger partial charge in [0.15, 0.2) is 5.11 Å². The molecule has 3 rings (SSSR count). The number of ether oxygens (including phenoxy) is 2. The van der Waals surface area contributed by atoms with Gasteiger partial charge in [-0.3, -0.25) is 4.79 Å². The van der Waals surface area contributed by atoms with Crippen molar-refractivity contribution in [1.29, 1.82) is 0 Å². The lowest BCUT2D eigenvalue weighted by atomic mass is 10.1. The number of morpholine rings is 1. The van der Waals surface area contributed by atoms with Gasteiger partial charge in [-0.25, -0.2) is 13.2 Å². The summed E-state index contributed by atoms with van der Waals surface area (Å²) >= 11 is 6.48. The third kappa shape index (κ3) is 5.55. The monoisotopic (exact) mass is 526 g/mol. The molecule has 1 saturated heterocycles. The Morgan fingerprint density at radius 3 is 2.32 bits per heavy atom. The van der Waals surface area contributed by atoms with Crippen molar-refractivity contribution in [2.24, 2.45) is 0 Å². The molecule has 13 heteroatoms. The number of anilines is 2. The zero-order valence-corrected chi connectivity index (χ0v) is 21.7. The number of carbonyl (C=O) groups is 2. The van der Waals surface area contributed by atoms with Gasteiger partial charge in [0, 0.05) is 32.9 Å². The molecule has 0 atom stereocenters. The van der Waals surface area contributed by atoms with Gasteiger partial charge in [0.2, 0.25) is 10.0 Å². The van der Waals surface area contributed by atoms with Crippen LogP contribution in [0.15, 0.2) is 29.2 Å². The van der Waals surface area contributed by atoms with Crippen LogP contribution in [-0.2, 0) is 19.5 Å². The number of nitrogens with zero attached hydrogens (tertiary/aromatic N) is 2. The number of amides is 1. The minimum Gasteiger partial charge on any atom is -0.465 e. The molecule has 1 amide bonds. The van der Waals surface area contributed by atoms with Crippen LogP contribution in [0.25, 0.3) is 0 Å². The molecule has 1 aromatic heterocycles. The highest BCUT2D eigenvalue weighted by atomic mass is 32.2. The van der Waals surface area contributed by atoms with Gasteiger partial charge in [-0.1, -0.05) is 0 Å². The quantitative estimate of drug-likeness (QED) is 0.432. The molecular formula is C21H26N4O6S3. The fraction of sp³-hybridized carbons (Fsp3) is 0.381. The average molecular weight is 527 g/mol. The lowest BCUT2D eigenvalue weighted by Gasteiger charge is -2.26. The normalized spacial score (nSPS) is 14.4. The highest BCUT2D eigenvalue weighted by molar-refractivity contribution is 7.89. The van der Waals surface area contributed by atoms with Gasteiger partial charge in [-0.15, -0.1) is 11.3 Å². The largest absolute Gasteiger partial charge is 0.465 e. The van der Waals surface area contributed by atoms with Gasteiger partial charge < -0.3 is 25.0 Å². The predicted octanol–water partition coefficient (Wildman–Crippen LogP) is 2.37. The van der Waals surface area contributed by atoms with Crippen LogP contribution >= 0.6 is 23.6 Å². The minimum atomic E-state index is -3.60. The van der Waals surface area contributed by atoms with E-state index in [1.807, 2.05) is 0 Å². The van der Waals surface area contributed by atoms with Crippen LogP contribution in [0.4, 0.5) is 10.7 Å². The van der Waals surface area contributed by atoms with Crippen molar-refractivity contribution < 1.29 is 27.5 Å². The summed E-state index contributed by atoms with van der Waals surface area (Å²) in [6.07, 6.45) is 0. The first kappa shape index (κ1) is 26.0. The maximum Gasteiger partial charge on any atom is 0.341 e. The molecule has 0 aliphatic carbocycles. The first-order valence-corrected chi connectivity index (χ1v) is 12.9. The lowest BCUT2D eigenvalue weighted by Crippen LogP contribution is -2.40. The van der Waals surface area contributed by atoms with Crippen LogP contribution in [-0.4, -0.2) is 82.1 Å². The molecule has 0 saturated carbocycles. The molecule has 2 heterocycles. The molecule has 0 spiro atoms. The van der Waals surface area contributed by atoms with Gasteiger partial charge in [-0.05, 0) is 49.0 Å². The van der Waals surface area contributed by atoms with E-state index in [4.69, 9.17) is 21.7 Å². The number of esters is 1. The number of hydrogen-bond donors (Lipinski definition) is 2. The topological polar surface area (TPSA) is 117 Å². The van der Waals surface area contributed by atoms with E-state index < -0.39 is 16.0 Å². The maximum atomic E-state index is 12.8. The molecule has 2 aromatic rings. The number of thiocarbonyl (C=S) groups is 1. The zero-order chi connectivity index (χ0) is 25.0. The molecule has 184 valence electrons. The molecule has 34 heavy (non-hydrogen) atoms. The van der Waals surface area contributed by atoms with Crippen molar-refractivity contribution in [3.8, 4) is 0 Å². The molecule has 1 aliphatic heterocycles. The molecule has 0 bridgehead atoms. The Kier molecular flexibility index (Phi) is 8.25. The summed E-state index contributed by atoms with van der Waals surface area (Å²) in [6.45, 7) is 3.05. The Bertz CT molecular complexity index is 1190. The van der Waals surface area contributed by atoms with Gasteiger partial charge in [0.25, 0.3) is 5.91 Å². The van der Waals surface area contributed by atoms with Gasteiger partial charge in [-0.2, -0.15) is 4.31 Å². The van der Waals surface area contributed by atoms with Crippen LogP contribution in [0.3, 0.4) is 0 Å². The first-order valence-electron chi connectivity index (χ1n) is 10.3. The number of hydrogen-bond acceptors (Lipinski definition) is 8. The van der Waals surface area contributed by atoms with Crippen LogP contribution in [0.2, 0.25) is 0 Å². The summed E-state index contributed by atoms with van der Waals surface area (Å²) in [7, 11) is 0.917. The Morgan fingerprint density at radius 2 is 1.76 bits per heavy atom. The van der Waals surface area contributed by atoms with E-state index >= 15 is 0 Å². The fourth-order valence-corrected chi connectivity index (χ4v) is 6.18. The van der Waals surface area contributed by atoms with E-state index in [1.54, 1.807) is 33.2 Å². The molecule has 1 aromatic carbocycles. The Balaban J connectivity index is 1.76. The SMILES string of the molecule is COC(=O)c1c(NC(=S)Nc2ccc(S(=O)(=O)N3CCOCC3)cc2)sc(C(=O)N(C)C)c1C. The molecule has 10 nitrogen and oxygen atoms in total. The second kappa shape index (κ2) is 10.8. The van der Waals surface area contributed by atoms with E-state index in [0.717, 1.165) is 11.3 Å². The van der Waals surface area contributed by atoms with Crippen molar-refractivity contribution in [2.75, 3.05) is 58.1 Å². The number of rotatable bonds is 6. The van der Waals surface area contributed by atoms with Gasteiger partial charge >= 0.3 is 5.97 Å². The maximum absolute atomic E-state index is 12.8.